The van der Waals surface area contributed by atoms with Crippen LogP contribution >= 0.6 is 0 Å². The van der Waals surface area contributed by atoms with Crippen molar-refractivity contribution in [1.82, 2.24) is 10.2 Å². The number of nitrogens with one attached hydrogen (secondary N) is 1. The molecule has 1 unspecified atom stereocenters. The number of rotatable bonds is 4. The zero-order valence-electron chi connectivity index (χ0n) is 19.0. The maximum Gasteiger partial charge on any atom is 0.243 e. The molecule has 3 amide bonds. The highest BCUT2D eigenvalue weighted by molar-refractivity contribution is 6.05. The molecule has 5 heteroatoms. The molecule has 0 bridgehead atoms. The van der Waals surface area contributed by atoms with Gasteiger partial charge in [0, 0.05) is 24.8 Å². The van der Waals surface area contributed by atoms with Crippen LogP contribution in [0.3, 0.4) is 0 Å². The summed E-state index contributed by atoms with van der Waals surface area (Å²) in [7, 11) is 0. The van der Waals surface area contributed by atoms with Gasteiger partial charge in [0.2, 0.25) is 17.7 Å². The number of hydrogen-bond acceptors (Lipinski definition) is 3. The highest BCUT2D eigenvalue weighted by Gasteiger charge is 2.35. The number of carbonyl (C=O) groups excluding carboxylic acids is 3. The van der Waals surface area contributed by atoms with E-state index in [1.54, 1.807) is 0 Å². The first kappa shape index (κ1) is 5.86. The Hall–Kier alpha value is -2.17. The quantitative estimate of drug-likeness (QED) is 0.824. The second-order valence-electron chi connectivity index (χ2n) is 3.73. The van der Waals surface area contributed by atoms with E-state index in [2.05, 4.69) is 5.32 Å². The Kier molecular flexibility index (Phi) is 1.74. The normalized spacial score (nSPS) is 28.7. The van der Waals surface area contributed by atoms with Gasteiger partial charge in [-0.1, -0.05) is 30.2 Å². The van der Waals surface area contributed by atoms with E-state index in [0.29, 0.717) is 0 Å². The molecule has 0 aliphatic carbocycles. The minimum Gasteiger partial charge on any atom is -0.350 e. The van der Waals surface area contributed by atoms with Crippen LogP contribution in [0.25, 0.3) is 0 Å². The summed E-state index contributed by atoms with van der Waals surface area (Å²) in [6.45, 7) is 0.583. The molecule has 5 nitrogen and oxygen atoms in total. The summed E-state index contributed by atoms with van der Waals surface area (Å²) in [6, 6.07) is -4.41. The average molecular weight is 269 g/mol. The Labute approximate surface area is 124 Å². The second kappa shape index (κ2) is 5.65. The lowest BCUT2D eigenvalue weighted by atomic mass is 10.2. The van der Waals surface area contributed by atoms with Crippen LogP contribution in [0.1, 0.15) is 37.6 Å². The van der Waals surface area contributed by atoms with Crippen LogP contribution in [0.5, 0.6) is 0 Å². The summed E-state index contributed by atoms with van der Waals surface area (Å²) in [5.41, 5.74) is -0.212. The lowest BCUT2D eigenvalue weighted by Crippen LogP contribution is -2.47. The second-order valence-corrected chi connectivity index (χ2v) is 3.73. The van der Waals surface area contributed by atoms with Gasteiger partial charge in [-0.15, -0.1) is 0 Å². The largest absolute Gasteiger partial charge is 0.350 e. The molecular formula is C14H16N2O3. The maximum absolute atomic E-state index is 12.3. The smallest absolute Gasteiger partial charge is 0.243 e. The number of benzene rings is 1. The van der Waals surface area contributed by atoms with Gasteiger partial charge in [0.1, 0.15) is 6.04 Å². The van der Waals surface area contributed by atoms with Crippen molar-refractivity contribution >= 4 is 17.7 Å². The topological polar surface area (TPSA) is 66.5 Å². The molecule has 0 saturated carbocycles. The summed E-state index contributed by atoms with van der Waals surface area (Å²) in [4.78, 5) is 36.7. The Morgan fingerprint density at radius 1 is 1.37 bits per heavy atom. The third-order valence-electron chi connectivity index (χ3n) is 2.47. The zero-order chi connectivity index (χ0) is 21.8. The van der Waals surface area contributed by atoms with E-state index < -0.39 is 73.3 Å². The van der Waals surface area contributed by atoms with Crippen LogP contribution in [-0.4, -0.2) is 28.7 Å². The average Bonchev–Trinajstić information content (AvgIpc) is 2.74. The van der Waals surface area contributed by atoms with E-state index >= 15 is 0 Å². The molecular weight excluding hydrogens is 244 g/mol. The van der Waals surface area contributed by atoms with Crippen molar-refractivity contribution < 1.29 is 26.7 Å². The molecule has 1 aliphatic heterocycles. The fraction of sp³-hybridized carbons (Fsp3) is 0.357. The summed E-state index contributed by atoms with van der Waals surface area (Å²) in [5.74, 6) is -3.97. The number of likely N-dealkylation sites (tertiary alicyclic amines) is 1. The molecule has 1 N–H and O–H groups in total. The van der Waals surface area contributed by atoms with Crippen LogP contribution in [0, 0.1) is 0 Å². The van der Waals surface area contributed by atoms with Gasteiger partial charge in [0.05, 0.1) is 6.85 Å². The molecule has 1 saturated heterocycles. The highest BCUT2D eigenvalue weighted by atomic mass is 16.2. The van der Waals surface area contributed by atoms with E-state index in [1.807, 2.05) is 0 Å². The first-order chi connectivity index (χ1) is 12.7. The van der Waals surface area contributed by atoms with Gasteiger partial charge >= 0.3 is 0 Å². The van der Waals surface area contributed by atoms with Crippen molar-refractivity contribution in [2.45, 2.75) is 32.3 Å². The number of amides is 3. The molecule has 1 atom stereocenters. The summed E-state index contributed by atoms with van der Waals surface area (Å²) >= 11 is 0. The minimum atomic E-state index is -3.13. The number of imide groups is 1. The van der Waals surface area contributed by atoms with Crippen LogP contribution in [-0.2, 0) is 20.9 Å². The van der Waals surface area contributed by atoms with Crippen molar-refractivity contribution in [2.75, 3.05) is 0 Å². The molecule has 1 aromatic rings. The predicted octanol–water partition coefficient (Wildman–Crippen LogP) is 0.840. The zero-order valence-corrected chi connectivity index (χ0v) is 9.96. The Bertz CT molecular complexity index is 832. The van der Waals surface area contributed by atoms with Gasteiger partial charge in [-0.25, -0.2) is 0 Å². The van der Waals surface area contributed by atoms with Crippen molar-refractivity contribution in [1.29, 1.82) is 0 Å². The van der Waals surface area contributed by atoms with Crippen molar-refractivity contribution in [3.63, 3.8) is 0 Å². The molecule has 2 rings (SSSR count). The Morgan fingerprint density at radius 3 is 2.53 bits per heavy atom. The van der Waals surface area contributed by atoms with Gasteiger partial charge in [-0.3, -0.25) is 19.3 Å². The molecule has 100 valence electrons. The molecule has 1 aromatic carbocycles. The van der Waals surface area contributed by atoms with Gasteiger partial charge in [0.15, 0.2) is 0 Å². The summed E-state index contributed by atoms with van der Waals surface area (Å²) in [6.07, 6.45) is -6.27. The monoisotopic (exact) mass is 269 g/mol. The van der Waals surface area contributed by atoms with Crippen molar-refractivity contribution in [3.05, 3.63) is 35.8 Å². The highest BCUT2D eigenvalue weighted by Crippen LogP contribution is 2.15. The fourth-order valence-corrected chi connectivity index (χ4v) is 1.48. The fourth-order valence-electron chi connectivity index (χ4n) is 1.48. The van der Waals surface area contributed by atoms with Gasteiger partial charge in [0.25, 0.3) is 0 Å². The molecule has 1 fully saturated rings. The molecule has 0 aromatic heterocycles. The standard InChI is InChI=1S/C14H16N2O3/c1-10(16-12(17)7-8-13(16)18)14(19)15-9-11-5-3-2-4-6-11/h2-6,10H,7-9H2,1H3,(H,15,19)/i2D,3D,4D,5D,6D,7D2,8D2. The number of carbonyl (C=O) groups is 3. The predicted molar refractivity (Wildman–Crippen MR) is 68.8 cm³/mol. The third kappa shape index (κ3) is 2.99. The van der Waals surface area contributed by atoms with Crippen LogP contribution in [0.2, 0.25) is 0 Å². The summed E-state index contributed by atoms with van der Waals surface area (Å²) in [5, 5.41) is 2.23. The van der Waals surface area contributed by atoms with Gasteiger partial charge < -0.3 is 5.32 Å². The lowest BCUT2D eigenvalue weighted by molar-refractivity contribution is -0.146. The molecule has 1 heterocycles. The Balaban J connectivity index is 2.24. The Morgan fingerprint density at radius 2 is 1.95 bits per heavy atom. The first-order valence-electron chi connectivity index (χ1n) is 9.89. The number of hydrogen-bond donors (Lipinski definition) is 1. The van der Waals surface area contributed by atoms with Gasteiger partial charge in [-0.2, -0.15) is 0 Å². The summed E-state index contributed by atoms with van der Waals surface area (Å²) < 4.78 is 68.2. The van der Waals surface area contributed by atoms with Crippen LogP contribution < -0.4 is 5.32 Å². The van der Waals surface area contributed by atoms with E-state index in [0.717, 1.165) is 6.92 Å². The maximum atomic E-state index is 12.3. The van der Waals surface area contributed by atoms with E-state index in [-0.39, 0.29) is 10.5 Å². The van der Waals surface area contributed by atoms with Crippen molar-refractivity contribution in [3.8, 4) is 0 Å². The molecule has 0 spiro atoms. The van der Waals surface area contributed by atoms with Crippen LogP contribution in [0.4, 0.5) is 0 Å². The third-order valence-corrected chi connectivity index (χ3v) is 2.47. The molecule has 19 heavy (non-hydrogen) atoms. The van der Waals surface area contributed by atoms with E-state index in [9.17, 15) is 14.4 Å². The first-order valence-corrected chi connectivity index (χ1v) is 5.39. The van der Waals surface area contributed by atoms with E-state index in [1.165, 1.54) is 0 Å². The van der Waals surface area contributed by atoms with Gasteiger partial charge in [-0.05, 0) is 12.5 Å². The minimum absolute atomic E-state index is 0.192. The molecule has 0 radical (unpaired) electrons. The van der Waals surface area contributed by atoms with Crippen molar-refractivity contribution in [2.24, 2.45) is 0 Å². The van der Waals surface area contributed by atoms with Crippen LogP contribution in [0.15, 0.2) is 30.2 Å². The number of nitrogens with zero attached hydrogens (tertiary/aromatic N) is 1. The van der Waals surface area contributed by atoms with E-state index in [4.69, 9.17) is 12.3 Å². The molecule has 1 aliphatic rings. The SMILES string of the molecule is [2H]c1c([2H])c([2H])c(CNC(=O)C(C)N2C(=O)C([2H])([2H])C([2H])([2H])C2=O)c([2H])c1[2H]. The lowest BCUT2D eigenvalue weighted by Gasteiger charge is -2.21.